The number of alkyl halides is 3. The molecule has 0 aliphatic rings. The smallest absolute Gasteiger partial charge is 0.324 e. The van der Waals surface area contributed by atoms with Gasteiger partial charge in [0.25, 0.3) is 5.69 Å². The maximum Gasteiger partial charge on any atom is 0.418 e. The molecule has 28 heavy (non-hydrogen) atoms. The summed E-state index contributed by atoms with van der Waals surface area (Å²) >= 11 is 0. The molecule has 3 rings (SSSR count). The summed E-state index contributed by atoms with van der Waals surface area (Å²) < 4.78 is 40.1. The average molecular weight is 391 g/mol. The number of nitro groups is 1. The van der Waals surface area contributed by atoms with E-state index in [0.717, 1.165) is 16.8 Å². The van der Waals surface area contributed by atoms with Crippen molar-refractivity contribution >= 4 is 17.3 Å². The Bertz CT molecular complexity index is 1020. The van der Waals surface area contributed by atoms with E-state index in [1.807, 2.05) is 0 Å². The van der Waals surface area contributed by atoms with Crippen LogP contribution in [0.15, 0.2) is 54.9 Å². The van der Waals surface area contributed by atoms with Crippen LogP contribution in [-0.4, -0.2) is 25.6 Å². The Morgan fingerprint density at radius 1 is 1.14 bits per heavy atom. The highest BCUT2D eigenvalue weighted by molar-refractivity contribution is 5.91. The predicted octanol–water partition coefficient (Wildman–Crippen LogP) is 3.51. The predicted molar refractivity (Wildman–Crippen MR) is 92.2 cm³/mol. The lowest BCUT2D eigenvalue weighted by Gasteiger charge is -2.13. The van der Waals surface area contributed by atoms with Gasteiger partial charge in [-0.1, -0.05) is 12.1 Å². The molecule has 1 aromatic heterocycles. The number of benzene rings is 2. The zero-order chi connectivity index (χ0) is 20.3. The van der Waals surface area contributed by atoms with Crippen molar-refractivity contribution in [3.05, 3.63) is 70.5 Å². The number of anilines is 1. The van der Waals surface area contributed by atoms with Gasteiger partial charge < -0.3 is 5.32 Å². The van der Waals surface area contributed by atoms with Crippen molar-refractivity contribution in [3.8, 4) is 11.4 Å². The molecule has 0 fully saturated rings. The number of carbonyl (C=O) groups is 1. The lowest BCUT2D eigenvalue weighted by atomic mass is 10.1. The summed E-state index contributed by atoms with van der Waals surface area (Å²) in [6.45, 7) is -0.355. The van der Waals surface area contributed by atoms with E-state index in [-0.39, 0.29) is 23.7 Å². The van der Waals surface area contributed by atoms with Crippen LogP contribution < -0.4 is 5.32 Å². The van der Waals surface area contributed by atoms with Gasteiger partial charge in [-0.3, -0.25) is 14.9 Å². The molecule has 0 unspecified atom stereocenters. The number of hydrogen-bond acceptors (Lipinski definition) is 5. The Balaban J connectivity index is 1.70. The van der Waals surface area contributed by atoms with E-state index in [4.69, 9.17) is 0 Å². The molecule has 11 heteroatoms. The van der Waals surface area contributed by atoms with Crippen molar-refractivity contribution in [1.82, 2.24) is 14.8 Å². The van der Waals surface area contributed by atoms with Gasteiger partial charge in [-0.25, -0.2) is 9.67 Å². The highest BCUT2D eigenvalue weighted by Crippen LogP contribution is 2.34. The minimum absolute atomic E-state index is 0.0918. The second-order valence-electron chi connectivity index (χ2n) is 5.66. The highest BCUT2D eigenvalue weighted by Gasteiger charge is 2.33. The van der Waals surface area contributed by atoms with Gasteiger partial charge in [0.1, 0.15) is 12.9 Å². The van der Waals surface area contributed by atoms with E-state index in [2.05, 4.69) is 15.4 Å². The van der Waals surface area contributed by atoms with Crippen LogP contribution in [0.3, 0.4) is 0 Å². The first-order valence-electron chi connectivity index (χ1n) is 7.84. The third kappa shape index (κ3) is 4.31. The van der Waals surface area contributed by atoms with Gasteiger partial charge in [-0.15, -0.1) is 0 Å². The maximum atomic E-state index is 13.0. The first kappa shape index (κ1) is 19.0. The van der Waals surface area contributed by atoms with Crippen LogP contribution in [0, 0.1) is 10.1 Å². The summed E-state index contributed by atoms with van der Waals surface area (Å²) in [5.74, 6) is -0.491. The van der Waals surface area contributed by atoms with Crippen LogP contribution in [0.4, 0.5) is 24.5 Å². The lowest BCUT2D eigenvalue weighted by Crippen LogP contribution is -2.21. The van der Waals surface area contributed by atoms with Crippen molar-refractivity contribution in [2.75, 3.05) is 5.32 Å². The first-order chi connectivity index (χ1) is 13.2. The normalized spacial score (nSPS) is 11.2. The minimum atomic E-state index is -4.60. The number of nitrogens with zero attached hydrogens (tertiary/aromatic N) is 4. The molecule has 3 aromatic rings. The molecule has 0 saturated carbocycles. The Morgan fingerprint density at radius 3 is 2.46 bits per heavy atom. The van der Waals surface area contributed by atoms with Gasteiger partial charge in [0.15, 0.2) is 5.82 Å². The average Bonchev–Trinajstić information content (AvgIpc) is 3.09. The number of carbonyl (C=O) groups excluding carboxylic acids is 1. The van der Waals surface area contributed by atoms with E-state index in [1.54, 1.807) is 0 Å². The second kappa shape index (κ2) is 7.47. The molecule has 0 aliphatic heterocycles. The fourth-order valence-corrected chi connectivity index (χ4v) is 2.41. The number of amides is 1. The second-order valence-corrected chi connectivity index (χ2v) is 5.66. The molecule has 0 atom stereocenters. The molecule has 1 amide bonds. The number of rotatable bonds is 5. The Morgan fingerprint density at radius 2 is 1.82 bits per heavy atom. The van der Waals surface area contributed by atoms with E-state index in [1.165, 1.54) is 42.7 Å². The zero-order valence-corrected chi connectivity index (χ0v) is 14.1. The maximum absolute atomic E-state index is 13.0. The fourth-order valence-electron chi connectivity index (χ4n) is 2.41. The third-order valence-electron chi connectivity index (χ3n) is 3.68. The van der Waals surface area contributed by atoms with Crippen molar-refractivity contribution in [1.29, 1.82) is 0 Å². The number of nitro benzene ring substituents is 1. The summed E-state index contributed by atoms with van der Waals surface area (Å²) in [6, 6.07) is 10.1. The van der Waals surface area contributed by atoms with Crippen molar-refractivity contribution in [2.45, 2.75) is 12.7 Å². The van der Waals surface area contributed by atoms with Crippen molar-refractivity contribution in [2.24, 2.45) is 0 Å². The lowest BCUT2D eigenvalue weighted by molar-refractivity contribution is -0.384. The third-order valence-corrected chi connectivity index (χ3v) is 3.68. The van der Waals surface area contributed by atoms with E-state index >= 15 is 0 Å². The molecular formula is C17H12F3N5O3. The first-order valence-corrected chi connectivity index (χ1v) is 7.84. The fraction of sp³-hybridized carbons (Fsp3) is 0.118. The largest absolute Gasteiger partial charge is 0.418 e. The topological polar surface area (TPSA) is 103 Å². The quantitative estimate of drug-likeness (QED) is 0.530. The number of non-ortho nitro benzene ring substituents is 1. The minimum Gasteiger partial charge on any atom is -0.324 e. The van der Waals surface area contributed by atoms with Crippen LogP contribution in [-0.2, 0) is 17.5 Å². The highest BCUT2D eigenvalue weighted by atomic mass is 19.4. The summed E-state index contributed by atoms with van der Waals surface area (Å²) in [6.07, 6.45) is -3.35. The molecule has 144 valence electrons. The molecule has 1 N–H and O–H groups in total. The van der Waals surface area contributed by atoms with Gasteiger partial charge in [0.2, 0.25) is 5.91 Å². The molecule has 0 radical (unpaired) electrons. The summed E-state index contributed by atoms with van der Waals surface area (Å²) in [7, 11) is 0. The van der Waals surface area contributed by atoms with Gasteiger partial charge in [-0.2, -0.15) is 18.3 Å². The van der Waals surface area contributed by atoms with Crippen LogP contribution >= 0.6 is 0 Å². The van der Waals surface area contributed by atoms with Crippen molar-refractivity contribution in [3.63, 3.8) is 0 Å². The van der Waals surface area contributed by atoms with Gasteiger partial charge in [0.05, 0.1) is 16.2 Å². The number of hydrogen-bond donors (Lipinski definition) is 1. The van der Waals surface area contributed by atoms with Crippen LogP contribution in [0.25, 0.3) is 11.4 Å². The SMILES string of the molecule is O=C(Cn1cnc(-c2ccc([N+](=O)[O-])cc2)n1)Nc1ccccc1C(F)(F)F. The monoisotopic (exact) mass is 391 g/mol. The Kier molecular flexibility index (Phi) is 5.07. The summed E-state index contributed by atoms with van der Waals surface area (Å²) in [5.41, 5.74) is -0.901. The van der Waals surface area contributed by atoms with E-state index < -0.39 is 22.6 Å². The number of para-hydroxylation sites is 1. The van der Waals surface area contributed by atoms with E-state index in [0.29, 0.717) is 5.56 Å². The molecule has 0 aliphatic carbocycles. The van der Waals surface area contributed by atoms with Gasteiger partial charge >= 0.3 is 6.18 Å². The standard InChI is InChI=1S/C17H12F3N5O3/c18-17(19,20)13-3-1-2-4-14(13)22-15(26)9-24-10-21-16(23-24)11-5-7-12(8-6-11)25(27)28/h1-8,10H,9H2,(H,22,26). The molecule has 8 nitrogen and oxygen atoms in total. The molecule has 0 bridgehead atoms. The van der Waals surface area contributed by atoms with Gasteiger partial charge in [0, 0.05) is 17.7 Å². The summed E-state index contributed by atoms with van der Waals surface area (Å²) in [5, 5.41) is 16.9. The molecule has 2 aromatic carbocycles. The Labute approximate surface area is 155 Å². The summed E-state index contributed by atoms with van der Waals surface area (Å²) in [4.78, 5) is 26.2. The zero-order valence-electron chi connectivity index (χ0n) is 14.1. The number of aromatic nitrogens is 3. The number of nitrogens with one attached hydrogen (secondary N) is 1. The molecule has 1 heterocycles. The Hall–Kier alpha value is -3.76. The number of halogens is 3. The van der Waals surface area contributed by atoms with Crippen LogP contribution in [0.5, 0.6) is 0 Å². The van der Waals surface area contributed by atoms with Gasteiger partial charge in [-0.05, 0) is 24.3 Å². The molecule has 0 saturated heterocycles. The van der Waals surface area contributed by atoms with Crippen LogP contribution in [0.1, 0.15) is 5.56 Å². The van der Waals surface area contributed by atoms with Crippen LogP contribution in [0.2, 0.25) is 0 Å². The van der Waals surface area contributed by atoms with E-state index in [9.17, 15) is 28.1 Å². The van der Waals surface area contributed by atoms with Crippen molar-refractivity contribution < 1.29 is 22.9 Å². The molecule has 0 spiro atoms. The molecular weight excluding hydrogens is 379 g/mol.